The van der Waals surface area contributed by atoms with Gasteiger partial charge in [0.1, 0.15) is 0 Å². The van der Waals surface area contributed by atoms with Crippen LogP contribution in [-0.2, 0) is 0 Å². The van der Waals surface area contributed by atoms with E-state index in [1.54, 1.807) is 12.1 Å². The number of methoxy groups -OCH3 is 1. The van der Waals surface area contributed by atoms with Crippen LogP contribution in [0.4, 0.5) is 0 Å². The van der Waals surface area contributed by atoms with Crippen LogP contribution < -0.4 is 10.1 Å². The standard InChI is InChI=1S/C12H15NO3/c1-15-10-5-4-9(16-10)11(14)13-12-6-2-3-8(12)7-12/h4-5,8H,2-3,6-7H2,1H3,(H,13,14)/t8-,12-/m1/s1. The second kappa shape index (κ2) is 3.27. The maximum Gasteiger partial charge on any atom is 0.287 e. The van der Waals surface area contributed by atoms with E-state index in [0.29, 0.717) is 17.6 Å². The molecule has 86 valence electrons. The molecule has 0 saturated heterocycles. The van der Waals surface area contributed by atoms with Crippen LogP contribution in [0.3, 0.4) is 0 Å². The van der Waals surface area contributed by atoms with E-state index < -0.39 is 0 Å². The Labute approximate surface area is 94.0 Å². The fourth-order valence-corrected chi connectivity index (χ4v) is 2.78. The van der Waals surface area contributed by atoms with E-state index in [4.69, 9.17) is 9.15 Å². The Kier molecular flexibility index (Phi) is 1.99. The van der Waals surface area contributed by atoms with Gasteiger partial charge in [-0.15, -0.1) is 0 Å². The first kappa shape index (κ1) is 9.75. The second-order valence-corrected chi connectivity index (χ2v) is 4.73. The summed E-state index contributed by atoms with van der Waals surface area (Å²) in [5.41, 5.74) is 0.0944. The average molecular weight is 221 g/mol. The number of amides is 1. The molecule has 4 heteroatoms. The third kappa shape index (κ3) is 1.40. The molecular formula is C12H15NO3. The van der Waals surface area contributed by atoms with Crippen molar-refractivity contribution in [2.75, 3.05) is 7.11 Å². The number of furan rings is 1. The van der Waals surface area contributed by atoms with Crippen LogP contribution in [0.5, 0.6) is 5.95 Å². The van der Waals surface area contributed by atoms with Gasteiger partial charge in [-0.05, 0) is 31.2 Å². The predicted octanol–water partition coefficient (Wildman–Crippen LogP) is 1.96. The molecule has 0 aromatic carbocycles. The van der Waals surface area contributed by atoms with Crippen LogP contribution >= 0.6 is 0 Å². The first-order valence-corrected chi connectivity index (χ1v) is 5.70. The average Bonchev–Trinajstić information content (AvgIpc) is 2.72. The summed E-state index contributed by atoms with van der Waals surface area (Å²) >= 11 is 0. The van der Waals surface area contributed by atoms with Crippen LogP contribution in [0.15, 0.2) is 16.5 Å². The SMILES string of the molecule is COc1ccc(C(=O)N[C@@]23CCC[C@@H]2C3)o1. The molecule has 16 heavy (non-hydrogen) atoms. The van der Waals surface area contributed by atoms with E-state index in [2.05, 4.69) is 5.32 Å². The van der Waals surface area contributed by atoms with Gasteiger partial charge in [-0.25, -0.2) is 0 Å². The molecule has 0 spiro atoms. The zero-order chi connectivity index (χ0) is 11.2. The normalized spacial score (nSPS) is 30.9. The van der Waals surface area contributed by atoms with Crippen molar-refractivity contribution < 1.29 is 13.9 Å². The van der Waals surface area contributed by atoms with Crippen molar-refractivity contribution in [1.82, 2.24) is 5.32 Å². The number of fused-ring (bicyclic) bond motifs is 1. The van der Waals surface area contributed by atoms with Gasteiger partial charge in [0.05, 0.1) is 7.11 Å². The van der Waals surface area contributed by atoms with Crippen molar-refractivity contribution in [3.05, 3.63) is 17.9 Å². The zero-order valence-electron chi connectivity index (χ0n) is 9.29. The Morgan fingerprint density at radius 1 is 1.62 bits per heavy atom. The Hall–Kier alpha value is -1.45. The fraction of sp³-hybridized carbons (Fsp3) is 0.583. The second-order valence-electron chi connectivity index (χ2n) is 4.73. The van der Waals surface area contributed by atoms with E-state index in [-0.39, 0.29) is 11.4 Å². The van der Waals surface area contributed by atoms with Gasteiger partial charge >= 0.3 is 0 Å². The molecule has 1 aromatic heterocycles. The molecule has 2 fully saturated rings. The van der Waals surface area contributed by atoms with Gasteiger partial charge in [0.2, 0.25) is 0 Å². The minimum absolute atomic E-state index is 0.0944. The molecule has 1 heterocycles. The molecule has 1 N–H and O–H groups in total. The molecule has 0 unspecified atom stereocenters. The number of ether oxygens (including phenoxy) is 1. The van der Waals surface area contributed by atoms with Crippen molar-refractivity contribution >= 4 is 5.91 Å². The number of carbonyl (C=O) groups excluding carboxylic acids is 1. The van der Waals surface area contributed by atoms with Gasteiger partial charge in [-0.1, -0.05) is 6.42 Å². The topological polar surface area (TPSA) is 51.5 Å². The molecule has 2 saturated carbocycles. The summed E-state index contributed by atoms with van der Waals surface area (Å²) in [4.78, 5) is 11.9. The smallest absolute Gasteiger partial charge is 0.287 e. The molecule has 2 atom stereocenters. The third-order valence-electron chi connectivity index (χ3n) is 3.78. The highest BCUT2D eigenvalue weighted by Gasteiger charge is 2.57. The molecule has 2 aliphatic carbocycles. The molecule has 0 aliphatic heterocycles. The summed E-state index contributed by atoms with van der Waals surface area (Å²) in [5, 5.41) is 3.09. The van der Waals surface area contributed by atoms with Crippen LogP contribution in [0.2, 0.25) is 0 Å². The maximum atomic E-state index is 11.9. The van der Waals surface area contributed by atoms with Crippen molar-refractivity contribution in [2.45, 2.75) is 31.2 Å². The molecular weight excluding hydrogens is 206 g/mol. The Bertz CT molecular complexity index is 426. The van der Waals surface area contributed by atoms with Crippen molar-refractivity contribution in [3.8, 4) is 5.95 Å². The molecule has 0 radical (unpaired) electrons. The van der Waals surface area contributed by atoms with Gasteiger partial charge in [0.25, 0.3) is 11.9 Å². The number of hydrogen-bond donors (Lipinski definition) is 1. The maximum absolute atomic E-state index is 11.9. The van der Waals surface area contributed by atoms with Gasteiger partial charge in [0, 0.05) is 11.6 Å². The minimum atomic E-state index is -0.118. The molecule has 0 bridgehead atoms. The lowest BCUT2D eigenvalue weighted by molar-refractivity contribution is 0.0895. The lowest BCUT2D eigenvalue weighted by atomic mass is 10.2. The highest BCUT2D eigenvalue weighted by atomic mass is 16.6. The van der Waals surface area contributed by atoms with E-state index >= 15 is 0 Å². The van der Waals surface area contributed by atoms with E-state index in [1.165, 1.54) is 20.0 Å². The number of nitrogens with one attached hydrogen (secondary N) is 1. The van der Waals surface area contributed by atoms with Crippen LogP contribution in [0, 0.1) is 5.92 Å². The van der Waals surface area contributed by atoms with Crippen molar-refractivity contribution in [3.63, 3.8) is 0 Å². The van der Waals surface area contributed by atoms with Crippen LogP contribution in [-0.4, -0.2) is 18.6 Å². The monoisotopic (exact) mass is 221 g/mol. The number of hydrogen-bond acceptors (Lipinski definition) is 3. The molecule has 4 nitrogen and oxygen atoms in total. The first-order valence-electron chi connectivity index (χ1n) is 5.70. The van der Waals surface area contributed by atoms with Gasteiger partial charge < -0.3 is 14.5 Å². The van der Waals surface area contributed by atoms with E-state index in [0.717, 1.165) is 12.8 Å². The Morgan fingerprint density at radius 2 is 2.50 bits per heavy atom. The highest BCUT2D eigenvalue weighted by Crippen LogP contribution is 2.55. The quantitative estimate of drug-likeness (QED) is 0.848. The van der Waals surface area contributed by atoms with Gasteiger partial charge in [0.15, 0.2) is 5.76 Å². The minimum Gasteiger partial charge on any atom is -0.468 e. The third-order valence-corrected chi connectivity index (χ3v) is 3.78. The van der Waals surface area contributed by atoms with Crippen molar-refractivity contribution in [1.29, 1.82) is 0 Å². The largest absolute Gasteiger partial charge is 0.468 e. The number of carbonyl (C=O) groups is 1. The lowest BCUT2D eigenvalue weighted by Gasteiger charge is -2.13. The predicted molar refractivity (Wildman–Crippen MR) is 57.4 cm³/mol. The molecule has 3 rings (SSSR count). The molecule has 1 amide bonds. The summed E-state index contributed by atoms with van der Waals surface area (Å²) in [6, 6.07) is 3.31. The molecule has 2 aliphatic rings. The summed E-state index contributed by atoms with van der Waals surface area (Å²) in [7, 11) is 1.52. The van der Waals surface area contributed by atoms with E-state index in [1.807, 2.05) is 0 Å². The summed E-state index contributed by atoms with van der Waals surface area (Å²) in [6.45, 7) is 0. The van der Waals surface area contributed by atoms with Crippen LogP contribution in [0.25, 0.3) is 0 Å². The Morgan fingerprint density at radius 3 is 3.06 bits per heavy atom. The number of rotatable bonds is 3. The van der Waals surface area contributed by atoms with Gasteiger partial charge in [-0.3, -0.25) is 4.79 Å². The lowest BCUT2D eigenvalue weighted by Crippen LogP contribution is -2.36. The highest BCUT2D eigenvalue weighted by molar-refractivity contribution is 5.92. The van der Waals surface area contributed by atoms with Crippen molar-refractivity contribution in [2.24, 2.45) is 5.92 Å². The molecule has 1 aromatic rings. The summed E-state index contributed by atoms with van der Waals surface area (Å²) in [6.07, 6.45) is 4.73. The van der Waals surface area contributed by atoms with E-state index in [9.17, 15) is 4.79 Å². The zero-order valence-corrected chi connectivity index (χ0v) is 9.29. The fourth-order valence-electron chi connectivity index (χ4n) is 2.78. The first-order chi connectivity index (χ1) is 7.73. The summed E-state index contributed by atoms with van der Waals surface area (Å²) < 4.78 is 10.1. The van der Waals surface area contributed by atoms with Gasteiger partial charge in [-0.2, -0.15) is 0 Å². The Balaban J connectivity index is 1.69. The van der Waals surface area contributed by atoms with Crippen LogP contribution in [0.1, 0.15) is 36.2 Å². The summed E-state index contributed by atoms with van der Waals surface area (Å²) in [5.74, 6) is 1.30.